The zero-order valence-electron chi connectivity index (χ0n) is 16.7. The van der Waals surface area contributed by atoms with Gasteiger partial charge in [-0.05, 0) is 24.3 Å². The molecule has 29 heavy (non-hydrogen) atoms. The molecule has 2 saturated heterocycles. The number of nitrogens with zero attached hydrogens (tertiary/aromatic N) is 5. The molecule has 8 nitrogen and oxygen atoms in total. The van der Waals surface area contributed by atoms with Crippen LogP contribution < -0.4 is 15.1 Å². The number of amides is 1. The molecule has 8 heteroatoms. The van der Waals surface area contributed by atoms with E-state index in [-0.39, 0.29) is 5.91 Å². The normalized spacial score (nSPS) is 17.9. The smallest absolute Gasteiger partial charge is 0.271 e. The standard InChI is InChI=1S/C21H28N6O2/c28-21(22-8-9-25-14-16-29-17-15-25)19-6-7-20(24-23-19)27-12-10-26(11-13-27)18-4-2-1-3-5-18/h1-7H,8-17H2,(H,22,28). The Balaban J connectivity index is 1.24. The van der Waals surface area contributed by atoms with E-state index in [2.05, 4.69) is 54.5 Å². The van der Waals surface area contributed by atoms with Crippen LogP contribution in [-0.4, -0.2) is 86.6 Å². The lowest BCUT2D eigenvalue weighted by Crippen LogP contribution is -2.47. The number of carbonyl (C=O) groups excluding carboxylic acids is 1. The number of para-hydroxylation sites is 1. The molecule has 0 radical (unpaired) electrons. The van der Waals surface area contributed by atoms with Crippen molar-refractivity contribution in [1.29, 1.82) is 0 Å². The van der Waals surface area contributed by atoms with E-state index in [0.717, 1.165) is 64.8 Å². The van der Waals surface area contributed by atoms with Crippen molar-refractivity contribution in [3.8, 4) is 0 Å². The number of rotatable bonds is 6. The molecule has 1 aromatic heterocycles. The molecular weight excluding hydrogens is 368 g/mol. The monoisotopic (exact) mass is 396 g/mol. The van der Waals surface area contributed by atoms with Crippen LogP contribution in [0.4, 0.5) is 11.5 Å². The van der Waals surface area contributed by atoms with Gasteiger partial charge >= 0.3 is 0 Å². The molecule has 0 aliphatic carbocycles. The molecule has 0 atom stereocenters. The fourth-order valence-electron chi connectivity index (χ4n) is 3.69. The number of hydrogen-bond donors (Lipinski definition) is 1. The Morgan fingerprint density at radius 2 is 1.62 bits per heavy atom. The minimum atomic E-state index is -0.175. The van der Waals surface area contributed by atoms with Crippen molar-refractivity contribution in [3.63, 3.8) is 0 Å². The first kappa shape index (κ1) is 19.6. The summed E-state index contributed by atoms with van der Waals surface area (Å²) < 4.78 is 5.33. The third-order valence-corrected chi connectivity index (χ3v) is 5.43. The highest BCUT2D eigenvalue weighted by Crippen LogP contribution is 2.18. The third kappa shape index (κ3) is 5.21. The first-order chi connectivity index (χ1) is 14.3. The van der Waals surface area contributed by atoms with Crippen LogP contribution in [-0.2, 0) is 4.74 Å². The largest absolute Gasteiger partial charge is 0.379 e. The van der Waals surface area contributed by atoms with Crippen LogP contribution in [0.3, 0.4) is 0 Å². The lowest BCUT2D eigenvalue weighted by molar-refractivity contribution is 0.0383. The highest BCUT2D eigenvalue weighted by Gasteiger charge is 2.19. The average molecular weight is 396 g/mol. The van der Waals surface area contributed by atoms with Crippen LogP contribution in [0, 0.1) is 0 Å². The van der Waals surface area contributed by atoms with Crippen molar-refractivity contribution in [2.75, 3.05) is 75.4 Å². The van der Waals surface area contributed by atoms with E-state index in [1.807, 2.05) is 12.1 Å². The number of carbonyl (C=O) groups is 1. The number of piperazine rings is 1. The maximum Gasteiger partial charge on any atom is 0.271 e. The molecule has 2 aliphatic rings. The van der Waals surface area contributed by atoms with Gasteiger partial charge in [0.05, 0.1) is 13.2 Å². The van der Waals surface area contributed by atoms with E-state index in [9.17, 15) is 4.79 Å². The van der Waals surface area contributed by atoms with Gasteiger partial charge in [-0.3, -0.25) is 9.69 Å². The maximum absolute atomic E-state index is 12.3. The first-order valence-corrected chi connectivity index (χ1v) is 10.3. The second-order valence-electron chi connectivity index (χ2n) is 7.30. The molecule has 2 fully saturated rings. The number of nitrogens with one attached hydrogen (secondary N) is 1. The van der Waals surface area contributed by atoms with Crippen molar-refractivity contribution in [2.45, 2.75) is 0 Å². The van der Waals surface area contributed by atoms with Crippen LogP contribution in [0.1, 0.15) is 10.5 Å². The average Bonchev–Trinajstić information content (AvgIpc) is 2.80. The van der Waals surface area contributed by atoms with Gasteiger partial charge in [0.2, 0.25) is 0 Å². The molecule has 0 bridgehead atoms. The van der Waals surface area contributed by atoms with Gasteiger partial charge in [0, 0.05) is 58.0 Å². The summed E-state index contributed by atoms with van der Waals surface area (Å²) in [4.78, 5) is 19.2. The summed E-state index contributed by atoms with van der Waals surface area (Å²) in [5.41, 5.74) is 1.61. The fourth-order valence-corrected chi connectivity index (χ4v) is 3.69. The lowest BCUT2D eigenvalue weighted by Gasteiger charge is -2.36. The lowest BCUT2D eigenvalue weighted by atomic mass is 10.2. The summed E-state index contributed by atoms with van der Waals surface area (Å²) >= 11 is 0. The molecular formula is C21H28N6O2. The SMILES string of the molecule is O=C(NCCN1CCOCC1)c1ccc(N2CCN(c3ccccc3)CC2)nn1. The molecule has 2 aliphatic heterocycles. The van der Waals surface area contributed by atoms with Gasteiger partial charge < -0.3 is 19.9 Å². The predicted molar refractivity (Wildman–Crippen MR) is 112 cm³/mol. The summed E-state index contributed by atoms with van der Waals surface area (Å²) in [6.07, 6.45) is 0. The molecule has 2 aromatic rings. The van der Waals surface area contributed by atoms with Crippen LogP contribution in [0.15, 0.2) is 42.5 Å². The van der Waals surface area contributed by atoms with E-state index in [1.165, 1.54) is 5.69 Å². The predicted octanol–water partition coefficient (Wildman–Crippen LogP) is 0.865. The Kier molecular flexibility index (Phi) is 6.53. The molecule has 0 spiro atoms. The number of morpholine rings is 1. The zero-order valence-corrected chi connectivity index (χ0v) is 16.7. The molecule has 1 N–H and O–H groups in total. The van der Waals surface area contributed by atoms with Gasteiger partial charge in [0.1, 0.15) is 0 Å². The second kappa shape index (κ2) is 9.67. The van der Waals surface area contributed by atoms with Crippen LogP contribution in [0.25, 0.3) is 0 Å². The van der Waals surface area contributed by atoms with Gasteiger partial charge in [-0.1, -0.05) is 18.2 Å². The highest BCUT2D eigenvalue weighted by atomic mass is 16.5. The number of ether oxygens (including phenoxy) is 1. The van der Waals surface area contributed by atoms with Gasteiger partial charge in [-0.25, -0.2) is 0 Å². The van der Waals surface area contributed by atoms with Crippen LogP contribution in [0.2, 0.25) is 0 Å². The molecule has 3 heterocycles. The summed E-state index contributed by atoms with van der Waals surface area (Å²) in [7, 11) is 0. The van der Waals surface area contributed by atoms with Crippen molar-refractivity contribution in [1.82, 2.24) is 20.4 Å². The Labute approximate surface area is 171 Å². The molecule has 4 rings (SSSR count). The Morgan fingerprint density at radius 3 is 2.31 bits per heavy atom. The third-order valence-electron chi connectivity index (χ3n) is 5.43. The van der Waals surface area contributed by atoms with Gasteiger partial charge in [0.15, 0.2) is 11.5 Å². The van der Waals surface area contributed by atoms with Crippen molar-refractivity contribution in [2.24, 2.45) is 0 Å². The van der Waals surface area contributed by atoms with E-state index in [0.29, 0.717) is 12.2 Å². The number of anilines is 2. The second-order valence-corrected chi connectivity index (χ2v) is 7.30. The topological polar surface area (TPSA) is 73.8 Å². The first-order valence-electron chi connectivity index (χ1n) is 10.3. The summed E-state index contributed by atoms with van der Waals surface area (Å²) in [5, 5.41) is 11.4. The van der Waals surface area contributed by atoms with Gasteiger partial charge in [-0.15, -0.1) is 10.2 Å². The summed E-state index contributed by atoms with van der Waals surface area (Å²) in [5.74, 6) is 0.647. The Hall–Kier alpha value is -2.71. The number of aromatic nitrogens is 2. The van der Waals surface area contributed by atoms with E-state index in [1.54, 1.807) is 6.07 Å². The Morgan fingerprint density at radius 1 is 0.897 bits per heavy atom. The molecule has 1 amide bonds. The van der Waals surface area contributed by atoms with Gasteiger partial charge in [-0.2, -0.15) is 0 Å². The van der Waals surface area contributed by atoms with E-state index < -0.39 is 0 Å². The molecule has 0 unspecified atom stereocenters. The highest BCUT2D eigenvalue weighted by molar-refractivity contribution is 5.92. The van der Waals surface area contributed by atoms with Crippen molar-refractivity contribution < 1.29 is 9.53 Å². The minimum absolute atomic E-state index is 0.175. The van der Waals surface area contributed by atoms with Gasteiger partial charge in [0.25, 0.3) is 5.91 Å². The molecule has 154 valence electrons. The maximum atomic E-state index is 12.3. The quantitative estimate of drug-likeness (QED) is 0.777. The van der Waals surface area contributed by atoms with Crippen LogP contribution >= 0.6 is 0 Å². The Bertz CT molecular complexity index is 772. The van der Waals surface area contributed by atoms with Crippen LogP contribution in [0.5, 0.6) is 0 Å². The number of hydrogen-bond acceptors (Lipinski definition) is 7. The molecule has 1 aromatic carbocycles. The summed E-state index contributed by atoms with van der Waals surface area (Å²) in [6.45, 7) is 8.44. The minimum Gasteiger partial charge on any atom is -0.379 e. The van der Waals surface area contributed by atoms with E-state index >= 15 is 0 Å². The van der Waals surface area contributed by atoms with E-state index in [4.69, 9.17) is 4.74 Å². The zero-order chi connectivity index (χ0) is 19.9. The van der Waals surface area contributed by atoms with Crippen molar-refractivity contribution in [3.05, 3.63) is 48.2 Å². The summed E-state index contributed by atoms with van der Waals surface area (Å²) in [6, 6.07) is 14.1. The molecule has 0 saturated carbocycles. The fraction of sp³-hybridized carbons (Fsp3) is 0.476. The van der Waals surface area contributed by atoms with Crippen molar-refractivity contribution >= 4 is 17.4 Å². The number of benzene rings is 1.